The van der Waals surface area contributed by atoms with Crippen molar-refractivity contribution in [1.29, 1.82) is 0 Å². The van der Waals surface area contributed by atoms with Crippen LogP contribution >= 0.6 is 0 Å². The van der Waals surface area contributed by atoms with Gasteiger partial charge in [-0.05, 0) is 42.8 Å². The number of nitrogens with two attached hydrogens (primary N) is 1. The van der Waals surface area contributed by atoms with E-state index in [1.807, 2.05) is 12.2 Å². The van der Waals surface area contributed by atoms with E-state index < -0.39 is 11.2 Å². The second-order valence-electron chi connectivity index (χ2n) is 7.06. The van der Waals surface area contributed by atoms with E-state index in [-0.39, 0.29) is 0 Å². The standard InChI is InChI=1S/C22H27N5O5/c1-25-17(24-20-18(25)21(28)27(3)22(29)26(20)2)9-8-14-12-15(30-4)19(16(13-14)31-5)32-11-7-6-10-23/h7-9,11-13H,6,10,23H2,1-5H3/b9-8?,11-7+. The van der Waals surface area contributed by atoms with Gasteiger partial charge >= 0.3 is 5.69 Å². The van der Waals surface area contributed by atoms with Crippen molar-refractivity contribution < 1.29 is 14.2 Å². The number of hydrogen-bond acceptors (Lipinski definition) is 7. The predicted octanol–water partition coefficient (Wildman–Crippen LogP) is 1.40. The zero-order valence-electron chi connectivity index (χ0n) is 18.8. The lowest BCUT2D eigenvalue weighted by molar-refractivity contribution is 0.345. The molecule has 10 heteroatoms. The number of benzene rings is 1. The summed E-state index contributed by atoms with van der Waals surface area (Å²) in [7, 11) is 7.84. The first-order valence-electron chi connectivity index (χ1n) is 9.92. The minimum Gasteiger partial charge on any atom is -0.493 e. The summed E-state index contributed by atoms with van der Waals surface area (Å²) in [4.78, 5) is 29.2. The van der Waals surface area contributed by atoms with Crippen LogP contribution in [0.3, 0.4) is 0 Å². The molecule has 32 heavy (non-hydrogen) atoms. The van der Waals surface area contributed by atoms with Crippen molar-refractivity contribution in [2.24, 2.45) is 26.9 Å². The maximum Gasteiger partial charge on any atom is 0.332 e. The van der Waals surface area contributed by atoms with Gasteiger partial charge in [-0.1, -0.05) is 6.08 Å². The molecule has 2 heterocycles. The fourth-order valence-electron chi connectivity index (χ4n) is 3.25. The number of methoxy groups -OCH3 is 2. The highest BCUT2D eigenvalue weighted by Crippen LogP contribution is 2.39. The van der Waals surface area contributed by atoms with Gasteiger partial charge in [0.15, 0.2) is 22.7 Å². The summed E-state index contributed by atoms with van der Waals surface area (Å²) in [5.74, 6) is 1.94. The quantitative estimate of drug-likeness (QED) is 0.525. The van der Waals surface area contributed by atoms with Gasteiger partial charge in [0.25, 0.3) is 5.56 Å². The summed E-state index contributed by atoms with van der Waals surface area (Å²) < 4.78 is 20.7. The van der Waals surface area contributed by atoms with E-state index in [4.69, 9.17) is 19.9 Å². The highest BCUT2D eigenvalue weighted by molar-refractivity contribution is 5.77. The molecule has 0 aliphatic rings. The van der Waals surface area contributed by atoms with Crippen LogP contribution in [0, 0.1) is 0 Å². The topological polar surface area (TPSA) is 116 Å². The van der Waals surface area contributed by atoms with Crippen molar-refractivity contribution >= 4 is 23.3 Å². The first kappa shape index (κ1) is 22.9. The second-order valence-corrected chi connectivity index (χ2v) is 7.06. The van der Waals surface area contributed by atoms with Crippen LogP contribution in [0.2, 0.25) is 0 Å². The summed E-state index contributed by atoms with van der Waals surface area (Å²) in [6.07, 6.45) is 7.61. The lowest BCUT2D eigenvalue weighted by Gasteiger charge is -2.13. The molecule has 0 fully saturated rings. The van der Waals surface area contributed by atoms with E-state index in [2.05, 4.69) is 4.98 Å². The number of hydrogen-bond donors (Lipinski definition) is 1. The van der Waals surface area contributed by atoms with Gasteiger partial charge in [0.2, 0.25) is 5.75 Å². The van der Waals surface area contributed by atoms with Crippen molar-refractivity contribution in [2.75, 3.05) is 20.8 Å². The molecule has 0 aliphatic heterocycles. The summed E-state index contributed by atoms with van der Waals surface area (Å²) in [5, 5.41) is 0. The van der Waals surface area contributed by atoms with E-state index >= 15 is 0 Å². The summed E-state index contributed by atoms with van der Waals surface area (Å²) in [6.45, 7) is 0.528. The molecule has 0 amide bonds. The Morgan fingerprint density at radius 2 is 1.66 bits per heavy atom. The third kappa shape index (κ3) is 4.17. The van der Waals surface area contributed by atoms with Gasteiger partial charge in [-0.25, -0.2) is 9.78 Å². The summed E-state index contributed by atoms with van der Waals surface area (Å²) in [5.41, 5.74) is 6.09. The van der Waals surface area contributed by atoms with Crippen LogP contribution in [0.4, 0.5) is 0 Å². The van der Waals surface area contributed by atoms with Crippen LogP contribution in [0.5, 0.6) is 17.2 Å². The molecule has 0 spiro atoms. The lowest BCUT2D eigenvalue weighted by atomic mass is 10.1. The molecule has 0 unspecified atom stereocenters. The minimum atomic E-state index is -0.429. The molecule has 0 aliphatic carbocycles. The smallest absolute Gasteiger partial charge is 0.332 e. The third-order valence-corrected chi connectivity index (χ3v) is 5.03. The Balaban J connectivity index is 2.03. The van der Waals surface area contributed by atoms with Gasteiger partial charge in [0.1, 0.15) is 5.82 Å². The van der Waals surface area contributed by atoms with Crippen LogP contribution in [0.25, 0.3) is 23.3 Å². The molecule has 2 aromatic heterocycles. The number of aromatic nitrogens is 4. The lowest BCUT2D eigenvalue weighted by Crippen LogP contribution is -2.37. The number of fused-ring (bicyclic) bond motifs is 1. The van der Waals surface area contributed by atoms with Crippen LogP contribution in [-0.2, 0) is 21.1 Å². The fourth-order valence-corrected chi connectivity index (χ4v) is 3.25. The molecule has 0 radical (unpaired) electrons. The molecule has 3 aromatic rings. The Hall–Kier alpha value is -3.79. The average Bonchev–Trinajstić information content (AvgIpc) is 3.13. The molecule has 3 rings (SSSR count). The van der Waals surface area contributed by atoms with Gasteiger partial charge in [-0.15, -0.1) is 0 Å². The normalized spacial score (nSPS) is 11.7. The van der Waals surface area contributed by atoms with Crippen molar-refractivity contribution in [2.45, 2.75) is 6.42 Å². The average molecular weight is 441 g/mol. The van der Waals surface area contributed by atoms with Gasteiger partial charge < -0.3 is 24.5 Å². The Morgan fingerprint density at radius 1 is 1.00 bits per heavy atom. The summed E-state index contributed by atoms with van der Waals surface area (Å²) >= 11 is 0. The number of nitrogens with zero attached hydrogens (tertiary/aromatic N) is 4. The fraction of sp³-hybridized carbons (Fsp3) is 0.318. The van der Waals surface area contributed by atoms with Crippen molar-refractivity contribution in [1.82, 2.24) is 18.7 Å². The van der Waals surface area contributed by atoms with Crippen molar-refractivity contribution in [3.8, 4) is 17.2 Å². The molecule has 1 aromatic carbocycles. The van der Waals surface area contributed by atoms with Crippen LogP contribution < -0.4 is 31.2 Å². The number of rotatable bonds is 8. The van der Waals surface area contributed by atoms with Crippen LogP contribution in [0.15, 0.2) is 34.1 Å². The SMILES string of the molecule is COc1cc(C=Cc2nc3c(c(=O)n(C)c(=O)n3C)n2C)cc(OC)c1O/C=C/CCN. The Labute approximate surface area is 184 Å². The summed E-state index contributed by atoms with van der Waals surface area (Å²) in [6, 6.07) is 3.59. The zero-order valence-corrected chi connectivity index (χ0v) is 18.8. The third-order valence-electron chi connectivity index (χ3n) is 5.03. The Kier molecular flexibility index (Phi) is 6.84. The highest BCUT2D eigenvalue weighted by atomic mass is 16.5. The second kappa shape index (κ2) is 9.56. The molecule has 170 valence electrons. The first-order chi connectivity index (χ1) is 15.3. The van der Waals surface area contributed by atoms with Crippen LogP contribution in [0.1, 0.15) is 17.8 Å². The number of imidazole rings is 1. The molecular weight excluding hydrogens is 414 g/mol. The molecular formula is C22H27N5O5. The maximum absolute atomic E-state index is 12.5. The largest absolute Gasteiger partial charge is 0.493 e. The highest BCUT2D eigenvalue weighted by Gasteiger charge is 2.16. The zero-order chi connectivity index (χ0) is 23.4. The van der Waals surface area contributed by atoms with Crippen molar-refractivity contribution in [3.05, 3.63) is 56.7 Å². The monoisotopic (exact) mass is 441 g/mol. The minimum absolute atomic E-state index is 0.323. The van der Waals surface area contributed by atoms with Gasteiger partial charge in [0, 0.05) is 21.1 Å². The van der Waals surface area contributed by atoms with Crippen LogP contribution in [-0.4, -0.2) is 39.4 Å². The Bertz CT molecular complexity index is 1290. The molecule has 0 atom stereocenters. The Morgan fingerprint density at radius 3 is 2.25 bits per heavy atom. The first-order valence-corrected chi connectivity index (χ1v) is 9.92. The van der Waals surface area contributed by atoms with E-state index in [0.717, 1.165) is 10.1 Å². The van der Waals surface area contributed by atoms with E-state index in [1.54, 1.807) is 57.4 Å². The molecule has 0 saturated heterocycles. The van der Waals surface area contributed by atoms with E-state index in [9.17, 15) is 9.59 Å². The van der Waals surface area contributed by atoms with Gasteiger partial charge in [0.05, 0.1) is 20.5 Å². The molecule has 2 N–H and O–H groups in total. The molecule has 0 bridgehead atoms. The predicted molar refractivity (Wildman–Crippen MR) is 123 cm³/mol. The molecule has 10 nitrogen and oxygen atoms in total. The van der Waals surface area contributed by atoms with Gasteiger partial charge in [-0.2, -0.15) is 0 Å². The van der Waals surface area contributed by atoms with E-state index in [1.165, 1.54) is 11.6 Å². The van der Waals surface area contributed by atoms with E-state index in [0.29, 0.717) is 47.2 Å². The maximum atomic E-state index is 12.5. The number of ether oxygens (including phenoxy) is 3. The van der Waals surface area contributed by atoms with Crippen molar-refractivity contribution in [3.63, 3.8) is 0 Å². The number of aryl methyl sites for hydroxylation is 2. The molecule has 0 saturated carbocycles. The van der Waals surface area contributed by atoms with Gasteiger partial charge in [-0.3, -0.25) is 13.9 Å².